The van der Waals surface area contributed by atoms with Crippen molar-refractivity contribution in [3.63, 3.8) is 0 Å². The zero-order chi connectivity index (χ0) is 14.5. The summed E-state index contributed by atoms with van der Waals surface area (Å²) >= 11 is 0. The van der Waals surface area contributed by atoms with Gasteiger partial charge >= 0.3 is 0 Å². The van der Waals surface area contributed by atoms with Crippen molar-refractivity contribution in [2.75, 3.05) is 31.1 Å². The molecule has 5 nitrogen and oxygen atoms in total. The number of anilines is 1. The van der Waals surface area contributed by atoms with Crippen LogP contribution in [0.15, 0.2) is 42.7 Å². The Morgan fingerprint density at radius 2 is 1.52 bits per heavy atom. The maximum atomic E-state index is 9.06. The van der Waals surface area contributed by atoms with Crippen molar-refractivity contribution in [1.82, 2.24) is 14.9 Å². The number of aliphatic hydroxyl groups is 1. The van der Waals surface area contributed by atoms with Crippen LogP contribution in [-0.4, -0.2) is 46.2 Å². The predicted molar refractivity (Wildman–Crippen MR) is 81.9 cm³/mol. The van der Waals surface area contributed by atoms with Crippen molar-refractivity contribution in [2.24, 2.45) is 0 Å². The van der Waals surface area contributed by atoms with E-state index < -0.39 is 0 Å². The zero-order valence-electron chi connectivity index (χ0n) is 12.0. The van der Waals surface area contributed by atoms with Crippen LogP contribution in [-0.2, 0) is 13.2 Å². The molecule has 2 aromatic rings. The molecule has 21 heavy (non-hydrogen) atoms. The van der Waals surface area contributed by atoms with Crippen LogP contribution in [0.5, 0.6) is 0 Å². The maximum Gasteiger partial charge on any atom is 0.225 e. The minimum atomic E-state index is 0.107. The third-order valence-corrected chi connectivity index (χ3v) is 3.82. The van der Waals surface area contributed by atoms with Gasteiger partial charge in [0.15, 0.2) is 0 Å². The normalized spacial score (nSPS) is 16.1. The number of rotatable bonds is 4. The monoisotopic (exact) mass is 284 g/mol. The van der Waals surface area contributed by atoms with E-state index in [0.29, 0.717) is 0 Å². The highest BCUT2D eigenvalue weighted by molar-refractivity contribution is 5.29. The summed E-state index contributed by atoms with van der Waals surface area (Å²) in [5.74, 6) is 0.824. The summed E-state index contributed by atoms with van der Waals surface area (Å²) in [6.45, 7) is 5.00. The molecule has 110 valence electrons. The van der Waals surface area contributed by atoms with Gasteiger partial charge in [0.05, 0.1) is 6.61 Å². The van der Waals surface area contributed by atoms with Gasteiger partial charge in [0.1, 0.15) is 0 Å². The molecule has 0 bridgehead atoms. The molecule has 1 saturated heterocycles. The number of aliphatic hydroxyl groups excluding tert-OH is 1. The van der Waals surface area contributed by atoms with E-state index >= 15 is 0 Å². The van der Waals surface area contributed by atoms with Gasteiger partial charge in [-0.05, 0) is 17.2 Å². The molecular formula is C16H20N4O. The Balaban J connectivity index is 1.53. The summed E-state index contributed by atoms with van der Waals surface area (Å²) in [6.07, 6.45) is 3.58. The third-order valence-electron chi connectivity index (χ3n) is 3.82. The average Bonchev–Trinajstić information content (AvgIpc) is 2.57. The average molecular weight is 284 g/mol. The topological polar surface area (TPSA) is 52.5 Å². The second kappa shape index (κ2) is 6.65. The van der Waals surface area contributed by atoms with Crippen molar-refractivity contribution < 1.29 is 5.11 Å². The Labute approximate surface area is 124 Å². The van der Waals surface area contributed by atoms with Crippen molar-refractivity contribution in [3.05, 3.63) is 53.9 Å². The summed E-state index contributed by atoms with van der Waals surface area (Å²) in [4.78, 5) is 13.3. The Hall–Kier alpha value is -1.98. The lowest BCUT2D eigenvalue weighted by Crippen LogP contribution is -2.46. The molecule has 5 heteroatoms. The largest absolute Gasteiger partial charge is 0.392 e. The first-order valence-electron chi connectivity index (χ1n) is 7.28. The molecule has 1 N–H and O–H groups in total. The van der Waals surface area contributed by atoms with Crippen LogP contribution < -0.4 is 4.90 Å². The van der Waals surface area contributed by atoms with Gasteiger partial charge in [-0.1, -0.05) is 24.3 Å². The molecule has 0 amide bonds. The smallest absolute Gasteiger partial charge is 0.225 e. The summed E-state index contributed by atoms with van der Waals surface area (Å²) in [5, 5.41) is 9.06. The van der Waals surface area contributed by atoms with E-state index in [9.17, 15) is 0 Å². The van der Waals surface area contributed by atoms with E-state index in [2.05, 4.69) is 31.9 Å². The molecule has 1 aromatic heterocycles. The summed E-state index contributed by atoms with van der Waals surface area (Å²) in [5.41, 5.74) is 2.25. The minimum Gasteiger partial charge on any atom is -0.392 e. The quantitative estimate of drug-likeness (QED) is 0.917. The molecule has 0 spiro atoms. The molecular weight excluding hydrogens is 264 g/mol. The second-order valence-electron chi connectivity index (χ2n) is 5.29. The molecule has 1 fully saturated rings. The minimum absolute atomic E-state index is 0.107. The van der Waals surface area contributed by atoms with Crippen LogP contribution in [0.3, 0.4) is 0 Å². The van der Waals surface area contributed by atoms with E-state index in [-0.39, 0.29) is 6.61 Å². The van der Waals surface area contributed by atoms with Gasteiger partial charge in [0.2, 0.25) is 5.95 Å². The second-order valence-corrected chi connectivity index (χ2v) is 5.29. The predicted octanol–water partition coefficient (Wildman–Crippen LogP) is 1.29. The molecule has 0 saturated carbocycles. The van der Waals surface area contributed by atoms with E-state index in [1.54, 1.807) is 12.4 Å². The summed E-state index contributed by atoms with van der Waals surface area (Å²) < 4.78 is 0. The van der Waals surface area contributed by atoms with Crippen molar-refractivity contribution in [3.8, 4) is 0 Å². The fourth-order valence-electron chi connectivity index (χ4n) is 2.57. The van der Waals surface area contributed by atoms with Crippen LogP contribution in [0.1, 0.15) is 11.1 Å². The van der Waals surface area contributed by atoms with Gasteiger partial charge in [-0.2, -0.15) is 0 Å². The van der Waals surface area contributed by atoms with Gasteiger partial charge in [-0.3, -0.25) is 4.90 Å². The maximum absolute atomic E-state index is 9.06. The number of benzene rings is 1. The Morgan fingerprint density at radius 1 is 0.905 bits per heavy atom. The van der Waals surface area contributed by atoms with Gasteiger partial charge < -0.3 is 10.0 Å². The highest BCUT2D eigenvalue weighted by atomic mass is 16.3. The number of hydrogen-bond acceptors (Lipinski definition) is 5. The third kappa shape index (κ3) is 3.56. The van der Waals surface area contributed by atoms with Crippen LogP contribution in [0.4, 0.5) is 5.95 Å². The highest BCUT2D eigenvalue weighted by Gasteiger charge is 2.18. The first-order valence-corrected chi connectivity index (χ1v) is 7.28. The van der Waals surface area contributed by atoms with Gasteiger partial charge in [-0.15, -0.1) is 0 Å². The van der Waals surface area contributed by atoms with Gasteiger partial charge in [-0.25, -0.2) is 9.97 Å². The summed E-state index contributed by atoms with van der Waals surface area (Å²) in [6, 6.07) is 10.0. The molecule has 1 aromatic carbocycles. The lowest BCUT2D eigenvalue weighted by Gasteiger charge is -2.34. The molecule has 0 aliphatic carbocycles. The van der Waals surface area contributed by atoms with Crippen LogP contribution in [0, 0.1) is 0 Å². The molecule has 3 rings (SSSR count). The van der Waals surface area contributed by atoms with Crippen LogP contribution >= 0.6 is 0 Å². The number of piperazine rings is 1. The first-order chi connectivity index (χ1) is 10.3. The van der Waals surface area contributed by atoms with E-state index in [4.69, 9.17) is 5.11 Å². The van der Waals surface area contributed by atoms with Crippen molar-refractivity contribution in [1.29, 1.82) is 0 Å². The fraction of sp³-hybridized carbons (Fsp3) is 0.375. The van der Waals surface area contributed by atoms with Crippen molar-refractivity contribution in [2.45, 2.75) is 13.2 Å². The van der Waals surface area contributed by atoms with Crippen LogP contribution in [0.25, 0.3) is 0 Å². The highest BCUT2D eigenvalue weighted by Crippen LogP contribution is 2.13. The molecule has 0 unspecified atom stereocenters. The molecule has 1 aliphatic heterocycles. The Bertz CT molecular complexity index is 550. The fourth-order valence-corrected chi connectivity index (χ4v) is 2.57. The number of nitrogens with zero attached hydrogens (tertiary/aromatic N) is 4. The van der Waals surface area contributed by atoms with E-state index in [1.807, 2.05) is 18.2 Å². The van der Waals surface area contributed by atoms with E-state index in [0.717, 1.165) is 44.2 Å². The van der Waals surface area contributed by atoms with Gasteiger partial charge in [0.25, 0.3) is 0 Å². The molecule has 2 heterocycles. The number of hydrogen-bond donors (Lipinski definition) is 1. The SMILES string of the molecule is OCc1ccc(CN2CCN(c3ncccn3)CC2)cc1. The summed E-state index contributed by atoms with van der Waals surface area (Å²) in [7, 11) is 0. The number of aromatic nitrogens is 2. The Morgan fingerprint density at radius 3 is 2.14 bits per heavy atom. The first kappa shape index (κ1) is 14.0. The van der Waals surface area contributed by atoms with Gasteiger partial charge in [0, 0.05) is 45.1 Å². The Kier molecular flexibility index (Phi) is 4.43. The lowest BCUT2D eigenvalue weighted by molar-refractivity contribution is 0.248. The molecule has 1 aliphatic rings. The zero-order valence-corrected chi connectivity index (χ0v) is 12.0. The standard InChI is InChI=1S/C16H20N4O/c21-13-15-4-2-14(3-5-15)12-19-8-10-20(11-9-19)16-17-6-1-7-18-16/h1-7,21H,8-13H2. The van der Waals surface area contributed by atoms with Crippen LogP contribution in [0.2, 0.25) is 0 Å². The molecule has 0 radical (unpaired) electrons. The molecule has 0 atom stereocenters. The van der Waals surface area contributed by atoms with Crippen molar-refractivity contribution >= 4 is 5.95 Å². The lowest BCUT2D eigenvalue weighted by atomic mass is 10.1. The van der Waals surface area contributed by atoms with E-state index in [1.165, 1.54) is 5.56 Å².